The SMILES string of the molecule is CCOC(=O)c1cc2c(F)c(Br)cc(F)c2[nH]1. The average molecular weight is 304 g/mol. The zero-order chi connectivity index (χ0) is 12.6. The van der Waals surface area contributed by atoms with Crippen LogP contribution in [0.15, 0.2) is 16.6 Å². The van der Waals surface area contributed by atoms with Crippen LogP contribution in [0.25, 0.3) is 10.9 Å². The molecule has 1 N–H and O–H groups in total. The van der Waals surface area contributed by atoms with E-state index in [9.17, 15) is 13.6 Å². The molecule has 0 aliphatic carbocycles. The van der Waals surface area contributed by atoms with Gasteiger partial charge in [0.25, 0.3) is 0 Å². The molecular weight excluding hydrogens is 296 g/mol. The Labute approximate surface area is 104 Å². The van der Waals surface area contributed by atoms with Crippen molar-refractivity contribution >= 4 is 32.8 Å². The number of aromatic amines is 1. The highest BCUT2D eigenvalue weighted by Gasteiger charge is 2.17. The zero-order valence-corrected chi connectivity index (χ0v) is 10.4. The number of carbonyl (C=O) groups is 1. The maximum atomic E-state index is 13.7. The van der Waals surface area contributed by atoms with Gasteiger partial charge in [0.2, 0.25) is 0 Å². The Morgan fingerprint density at radius 2 is 2.18 bits per heavy atom. The fourth-order valence-electron chi connectivity index (χ4n) is 1.51. The van der Waals surface area contributed by atoms with Gasteiger partial charge in [-0.1, -0.05) is 0 Å². The molecule has 3 nitrogen and oxygen atoms in total. The first-order valence-electron chi connectivity index (χ1n) is 4.88. The fraction of sp³-hybridized carbons (Fsp3) is 0.182. The second-order valence-corrected chi connectivity index (χ2v) is 4.20. The number of hydrogen-bond donors (Lipinski definition) is 1. The minimum atomic E-state index is -0.640. The van der Waals surface area contributed by atoms with Gasteiger partial charge in [-0.2, -0.15) is 0 Å². The average Bonchev–Trinajstić information content (AvgIpc) is 2.72. The van der Waals surface area contributed by atoms with Crippen molar-refractivity contribution in [2.45, 2.75) is 6.92 Å². The predicted molar refractivity (Wildman–Crippen MR) is 61.9 cm³/mol. The summed E-state index contributed by atoms with van der Waals surface area (Å²) in [7, 11) is 0. The van der Waals surface area contributed by atoms with E-state index in [2.05, 4.69) is 20.9 Å². The first-order chi connectivity index (χ1) is 8.04. The molecule has 0 fully saturated rings. The van der Waals surface area contributed by atoms with Crippen LogP contribution < -0.4 is 0 Å². The second-order valence-electron chi connectivity index (χ2n) is 3.35. The van der Waals surface area contributed by atoms with E-state index in [0.29, 0.717) is 0 Å². The van der Waals surface area contributed by atoms with Crippen LogP contribution in [0.5, 0.6) is 0 Å². The van der Waals surface area contributed by atoms with Crippen molar-refractivity contribution in [3.05, 3.63) is 33.9 Å². The summed E-state index contributed by atoms with van der Waals surface area (Å²) in [6.45, 7) is 1.85. The molecule has 0 amide bonds. The van der Waals surface area contributed by atoms with Gasteiger partial charge in [-0.15, -0.1) is 0 Å². The van der Waals surface area contributed by atoms with Crippen LogP contribution in [0.4, 0.5) is 8.78 Å². The van der Waals surface area contributed by atoms with E-state index in [1.54, 1.807) is 6.92 Å². The number of halogens is 3. The molecule has 2 rings (SSSR count). The summed E-state index contributed by atoms with van der Waals surface area (Å²) in [5.41, 5.74) is -0.0218. The molecule has 90 valence electrons. The van der Waals surface area contributed by atoms with Crippen LogP contribution in [0, 0.1) is 11.6 Å². The molecule has 0 saturated heterocycles. The van der Waals surface area contributed by atoms with Crippen LogP contribution in [0.1, 0.15) is 17.4 Å². The molecule has 0 aliphatic rings. The second kappa shape index (κ2) is 4.44. The summed E-state index contributed by atoms with van der Waals surface area (Å²) >= 11 is 2.90. The van der Waals surface area contributed by atoms with Crippen LogP contribution in [0.3, 0.4) is 0 Å². The van der Waals surface area contributed by atoms with Crippen molar-refractivity contribution < 1.29 is 18.3 Å². The number of benzene rings is 1. The molecule has 6 heteroatoms. The van der Waals surface area contributed by atoms with Crippen molar-refractivity contribution in [3.8, 4) is 0 Å². The molecule has 2 aromatic rings. The summed E-state index contributed by atoms with van der Waals surface area (Å²) in [6, 6.07) is 2.24. The van der Waals surface area contributed by atoms with E-state index in [0.717, 1.165) is 6.07 Å². The van der Waals surface area contributed by atoms with Gasteiger partial charge in [0, 0.05) is 5.39 Å². The summed E-state index contributed by atoms with van der Waals surface area (Å²) in [4.78, 5) is 13.9. The lowest BCUT2D eigenvalue weighted by atomic mass is 10.2. The Bertz CT molecular complexity index is 595. The van der Waals surface area contributed by atoms with Crippen molar-refractivity contribution in [1.29, 1.82) is 0 Å². The van der Waals surface area contributed by atoms with Gasteiger partial charge in [-0.05, 0) is 35.0 Å². The van der Waals surface area contributed by atoms with Gasteiger partial charge in [-0.25, -0.2) is 13.6 Å². The zero-order valence-electron chi connectivity index (χ0n) is 8.81. The van der Waals surface area contributed by atoms with Gasteiger partial charge in [0.05, 0.1) is 16.6 Å². The van der Waals surface area contributed by atoms with Crippen LogP contribution in [0.2, 0.25) is 0 Å². The van der Waals surface area contributed by atoms with Gasteiger partial charge in [0.15, 0.2) is 0 Å². The van der Waals surface area contributed by atoms with Gasteiger partial charge in [-0.3, -0.25) is 0 Å². The highest BCUT2D eigenvalue weighted by molar-refractivity contribution is 9.10. The molecule has 1 heterocycles. The molecule has 0 radical (unpaired) electrons. The van der Waals surface area contributed by atoms with E-state index in [1.165, 1.54) is 6.07 Å². The maximum Gasteiger partial charge on any atom is 0.354 e. The fourth-order valence-corrected chi connectivity index (χ4v) is 1.92. The molecule has 0 aliphatic heterocycles. The smallest absolute Gasteiger partial charge is 0.354 e. The molecule has 0 saturated carbocycles. The van der Waals surface area contributed by atoms with Gasteiger partial charge < -0.3 is 9.72 Å². The first-order valence-corrected chi connectivity index (χ1v) is 5.67. The Balaban J connectivity index is 2.61. The van der Waals surface area contributed by atoms with E-state index in [1.807, 2.05) is 0 Å². The predicted octanol–water partition coefficient (Wildman–Crippen LogP) is 3.39. The number of rotatable bonds is 2. The number of fused-ring (bicyclic) bond motifs is 1. The normalized spacial score (nSPS) is 10.8. The minimum absolute atomic E-state index is 0.0110. The molecular formula is C11H8BrF2NO2. The molecule has 0 atom stereocenters. The third-order valence-corrected chi connectivity index (χ3v) is 2.83. The van der Waals surface area contributed by atoms with E-state index in [4.69, 9.17) is 4.74 Å². The van der Waals surface area contributed by atoms with Gasteiger partial charge in [0.1, 0.15) is 17.3 Å². The summed E-state index contributed by atoms with van der Waals surface area (Å²) in [6.07, 6.45) is 0. The number of aromatic nitrogens is 1. The number of esters is 1. The number of H-pyrrole nitrogens is 1. The molecule has 1 aromatic carbocycles. The van der Waals surface area contributed by atoms with E-state index >= 15 is 0 Å². The molecule has 0 bridgehead atoms. The summed E-state index contributed by atoms with van der Waals surface area (Å²) in [5, 5.41) is 0.0138. The van der Waals surface area contributed by atoms with Crippen molar-refractivity contribution in [1.82, 2.24) is 4.98 Å². The van der Waals surface area contributed by atoms with Crippen molar-refractivity contribution in [2.75, 3.05) is 6.61 Å². The van der Waals surface area contributed by atoms with Crippen LogP contribution in [-0.2, 0) is 4.74 Å². The monoisotopic (exact) mass is 303 g/mol. The van der Waals surface area contributed by atoms with Crippen molar-refractivity contribution in [3.63, 3.8) is 0 Å². The van der Waals surface area contributed by atoms with Crippen molar-refractivity contribution in [2.24, 2.45) is 0 Å². The third kappa shape index (κ3) is 2.04. The Morgan fingerprint density at radius 1 is 1.47 bits per heavy atom. The van der Waals surface area contributed by atoms with Crippen LogP contribution >= 0.6 is 15.9 Å². The summed E-state index contributed by atoms with van der Waals surface area (Å²) < 4.78 is 31.9. The molecule has 0 spiro atoms. The Morgan fingerprint density at radius 3 is 2.82 bits per heavy atom. The lowest BCUT2D eigenvalue weighted by Crippen LogP contribution is -2.04. The molecule has 17 heavy (non-hydrogen) atoms. The number of nitrogens with one attached hydrogen (secondary N) is 1. The van der Waals surface area contributed by atoms with Gasteiger partial charge >= 0.3 is 5.97 Å². The third-order valence-electron chi connectivity index (χ3n) is 2.25. The lowest BCUT2D eigenvalue weighted by Gasteiger charge is -1.97. The summed E-state index contributed by atoms with van der Waals surface area (Å²) in [5.74, 6) is -1.89. The topological polar surface area (TPSA) is 42.1 Å². The van der Waals surface area contributed by atoms with E-state index < -0.39 is 17.6 Å². The highest BCUT2D eigenvalue weighted by Crippen LogP contribution is 2.28. The Kier molecular flexibility index (Phi) is 3.15. The maximum absolute atomic E-state index is 13.7. The highest BCUT2D eigenvalue weighted by atomic mass is 79.9. The Hall–Kier alpha value is -1.43. The van der Waals surface area contributed by atoms with Crippen LogP contribution in [-0.4, -0.2) is 17.6 Å². The number of ether oxygens (including phenoxy) is 1. The number of hydrogen-bond acceptors (Lipinski definition) is 2. The number of carbonyl (C=O) groups excluding carboxylic acids is 1. The van der Waals surface area contributed by atoms with E-state index in [-0.39, 0.29) is 27.7 Å². The largest absolute Gasteiger partial charge is 0.461 e. The lowest BCUT2D eigenvalue weighted by molar-refractivity contribution is 0.0520. The molecule has 0 unspecified atom stereocenters. The minimum Gasteiger partial charge on any atom is -0.461 e. The quantitative estimate of drug-likeness (QED) is 0.682. The standard InChI is InChI=1S/C11H8BrF2NO2/c1-2-17-11(16)8-3-5-9(14)6(12)4-7(13)10(5)15-8/h3-4,15H,2H2,1H3. The first kappa shape index (κ1) is 12.0. The molecule has 1 aromatic heterocycles.